The smallest absolute Gasteiger partial charge is 0.255 e. The molecule has 1 aliphatic heterocycles. The molecular formula is C30H34ClF2N3O3. The summed E-state index contributed by atoms with van der Waals surface area (Å²) < 4.78 is 38.2. The van der Waals surface area contributed by atoms with Crippen LogP contribution in [0.25, 0.3) is 0 Å². The molecule has 6 nitrogen and oxygen atoms in total. The molecule has 3 N–H and O–H groups in total. The van der Waals surface area contributed by atoms with Crippen molar-refractivity contribution in [1.29, 1.82) is 0 Å². The molecule has 1 aliphatic rings. The summed E-state index contributed by atoms with van der Waals surface area (Å²) in [5, 5.41) is 3.36. The molecule has 0 aliphatic carbocycles. The average Bonchev–Trinajstić information content (AvgIpc) is 2.94. The van der Waals surface area contributed by atoms with Crippen molar-refractivity contribution in [3.05, 3.63) is 94.0 Å². The number of amides is 1. The van der Waals surface area contributed by atoms with Gasteiger partial charge in [0.15, 0.2) is 0 Å². The average molecular weight is 558 g/mol. The first-order valence-corrected chi connectivity index (χ1v) is 13.4. The summed E-state index contributed by atoms with van der Waals surface area (Å²) in [7, 11) is 3.12. The van der Waals surface area contributed by atoms with E-state index < -0.39 is 0 Å². The fourth-order valence-corrected chi connectivity index (χ4v) is 5.35. The Morgan fingerprint density at radius 2 is 1.69 bits per heavy atom. The SMILES string of the molecule is COc1cc(N)c(Cl)cc1C(=O)N[C@H]1CCN(CCCC(c2ccc(F)cc2)c2ccc(F)cc2)C[C@@H]1OC. The number of anilines is 1. The minimum atomic E-state index is -0.296. The Hall–Kier alpha value is -3.20. The number of methoxy groups -OCH3 is 2. The number of nitrogens with one attached hydrogen (secondary N) is 1. The van der Waals surface area contributed by atoms with Gasteiger partial charge in [0.2, 0.25) is 0 Å². The lowest BCUT2D eigenvalue weighted by atomic mass is 9.87. The van der Waals surface area contributed by atoms with E-state index in [-0.39, 0.29) is 35.6 Å². The Balaban J connectivity index is 1.36. The second-order valence-corrected chi connectivity index (χ2v) is 10.2. The third-order valence-corrected chi connectivity index (χ3v) is 7.67. The number of piperidine rings is 1. The molecule has 4 rings (SSSR count). The molecule has 3 aromatic carbocycles. The minimum absolute atomic E-state index is 0.0305. The molecule has 39 heavy (non-hydrogen) atoms. The van der Waals surface area contributed by atoms with E-state index in [2.05, 4.69) is 10.2 Å². The number of hydrogen-bond donors (Lipinski definition) is 2. The normalized spacial score (nSPS) is 17.8. The minimum Gasteiger partial charge on any atom is -0.496 e. The van der Waals surface area contributed by atoms with Crippen molar-refractivity contribution in [3.8, 4) is 5.75 Å². The highest BCUT2D eigenvalue weighted by molar-refractivity contribution is 6.33. The van der Waals surface area contributed by atoms with E-state index in [4.69, 9.17) is 26.8 Å². The lowest BCUT2D eigenvalue weighted by Crippen LogP contribution is -2.54. The monoisotopic (exact) mass is 557 g/mol. The van der Waals surface area contributed by atoms with Crippen molar-refractivity contribution in [1.82, 2.24) is 10.2 Å². The molecule has 0 saturated carbocycles. The van der Waals surface area contributed by atoms with Gasteiger partial charge >= 0.3 is 0 Å². The molecule has 0 unspecified atom stereocenters. The number of nitrogens with two attached hydrogens (primary N) is 1. The van der Waals surface area contributed by atoms with Gasteiger partial charge in [-0.25, -0.2) is 8.78 Å². The van der Waals surface area contributed by atoms with E-state index >= 15 is 0 Å². The molecule has 0 spiro atoms. The van der Waals surface area contributed by atoms with Crippen LogP contribution in [0.15, 0.2) is 60.7 Å². The zero-order valence-corrected chi connectivity index (χ0v) is 22.9. The molecule has 0 bridgehead atoms. The van der Waals surface area contributed by atoms with Crippen molar-refractivity contribution >= 4 is 23.2 Å². The third kappa shape index (κ3) is 7.26. The highest BCUT2D eigenvalue weighted by atomic mass is 35.5. The number of rotatable bonds is 10. The maximum absolute atomic E-state index is 13.5. The molecule has 3 aromatic rings. The molecule has 1 fully saturated rings. The van der Waals surface area contributed by atoms with Crippen LogP contribution in [-0.4, -0.2) is 56.8 Å². The van der Waals surface area contributed by atoms with Crippen LogP contribution in [0.2, 0.25) is 5.02 Å². The molecule has 208 valence electrons. The fraction of sp³-hybridized carbons (Fsp3) is 0.367. The molecule has 9 heteroatoms. The van der Waals surface area contributed by atoms with Gasteiger partial charge in [-0.1, -0.05) is 35.9 Å². The quantitative estimate of drug-likeness (QED) is 0.315. The van der Waals surface area contributed by atoms with Crippen LogP contribution < -0.4 is 15.8 Å². The zero-order valence-electron chi connectivity index (χ0n) is 22.1. The van der Waals surface area contributed by atoms with E-state index in [1.54, 1.807) is 37.4 Å². The Labute approximate surface area is 233 Å². The van der Waals surface area contributed by atoms with Gasteiger partial charge in [0.25, 0.3) is 5.91 Å². The summed E-state index contributed by atoms with van der Waals surface area (Å²) in [6.45, 7) is 2.29. The lowest BCUT2D eigenvalue weighted by molar-refractivity contribution is 0.00593. The molecule has 2 atom stereocenters. The summed E-state index contributed by atoms with van der Waals surface area (Å²) in [5.41, 5.74) is 8.50. The predicted molar refractivity (Wildman–Crippen MR) is 149 cm³/mol. The second-order valence-electron chi connectivity index (χ2n) is 9.82. The Bertz CT molecular complexity index is 1210. The number of nitrogens with zero attached hydrogens (tertiary/aromatic N) is 1. The van der Waals surface area contributed by atoms with Crippen LogP contribution in [0, 0.1) is 11.6 Å². The number of nitrogen functional groups attached to an aromatic ring is 1. The zero-order chi connectivity index (χ0) is 27.9. The number of halogens is 3. The van der Waals surface area contributed by atoms with Crippen molar-refractivity contribution in [2.24, 2.45) is 0 Å². The second kappa shape index (κ2) is 13.2. The number of benzene rings is 3. The molecule has 0 radical (unpaired) electrons. The van der Waals surface area contributed by atoms with Crippen LogP contribution in [0.4, 0.5) is 14.5 Å². The van der Waals surface area contributed by atoms with Crippen LogP contribution in [-0.2, 0) is 4.74 Å². The summed E-state index contributed by atoms with van der Waals surface area (Å²) >= 11 is 6.14. The van der Waals surface area contributed by atoms with E-state index in [0.717, 1.165) is 37.1 Å². The van der Waals surface area contributed by atoms with Crippen molar-refractivity contribution in [2.45, 2.75) is 37.3 Å². The molecular weight excluding hydrogens is 524 g/mol. The maximum atomic E-state index is 13.5. The molecule has 0 aromatic heterocycles. The van der Waals surface area contributed by atoms with E-state index in [9.17, 15) is 13.6 Å². The van der Waals surface area contributed by atoms with Crippen LogP contribution in [0.1, 0.15) is 46.7 Å². The largest absolute Gasteiger partial charge is 0.496 e. The standard InChI is InChI=1S/C30H34ClF2N3O3/c1-38-28-17-26(34)25(31)16-24(28)30(37)35-27-13-15-36(18-29(27)39-2)14-3-4-23(19-5-9-21(32)10-6-19)20-7-11-22(33)12-8-20/h5-12,16-17,23,27,29H,3-4,13-15,18,34H2,1-2H3,(H,35,37)/t27-,29-/m0/s1. The molecule has 1 amide bonds. The van der Waals surface area contributed by atoms with E-state index in [1.807, 2.05) is 0 Å². The third-order valence-electron chi connectivity index (χ3n) is 7.34. The number of hydrogen-bond acceptors (Lipinski definition) is 5. The summed E-state index contributed by atoms with van der Waals surface area (Å²) in [5.74, 6) is -0.471. The van der Waals surface area contributed by atoms with Gasteiger partial charge in [-0.05, 0) is 67.3 Å². The van der Waals surface area contributed by atoms with Crippen LogP contribution in [0.3, 0.4) is 0 Å². The number of likely N-dealkylation sites (tertiary alicyclic amines) is 1. The topological polar surface area (TPSA) is 76.8 Å². The summed E-state index contributed by atoms with van der Waals surface area (Å²) in [6, 6.07) is 15.9. The lowest BCUT2D eigenvalue weighted by Gasteiger charge is -2.38. The van der Waals surface area contributed by atoms with Crippen molar-refractivity contribution in [2.75, 3.05) is 39.6 Å². The molecule has 1 heterocycles. The first-order chi connectivity index (χ1) is 18.8. The van der Waals surface area contributed by atoms with Crippen molar-refractivity contribution in [3.63, 3.8) is 0 Å². The summed E-state index contributed by atoms with van der Waals surface area (Å²) in [4.78, 5) is 15.4. The van der Waals surface area contributed by atoms with Gasteiger partial charge < -0.3 is 25.4 Å². The highest BCUT2D eigenvalue weighted by Crippen LogP contribution is 2.31. The first kappa shape index (κ1) is 28.8. The van der Waals surface area contributed by atoms with E-state index in [1.165, 1.54) is 37.4 Å². The number of carbonyl (C=O) groups excluding carboxylic acids is 1. The fourth-order valence-electron chi connectivity index (χ4n) is 5.18. The van der Waals surface area contributed by atoms with Crippen LogP contribution >= 0.6 is 11.6 Å². The number of ether oxygens (including phenoxy) is 2. The molecule has 1 saturated heterocycles. The van der Waals surface area contributed by atoms with Gasteiger partial charge in [0, 0.05) is 32.2 Å². The highest BCUT2D eigenvalue weighted by Gasteiger charge is 2.31. The first-order valence-electron chi connectivity index (χ1n) is 13.0. The van der Waals surface area contributed by atoms with Gasteiger partial charge in [-0.15, -0.1) is 0 Å². The van der Waals surface area contributed by atoms with Gasteiger partial charge in [-0.3, -0.25) is 4.79 Å². The maximum Gasteiger partial charge on any atom is 0.255 e. The van der Waals surface area contributed by atoms with Gasteiger partial charge in [-0.2, -0.15) is 0 Å². The van der Waals surface area contributed by atoms with Crippen molar-refractivity contribution < 1.29 is 23.0 Å². The Kier molecular flexibility index (Phi) is 9.78. The Morgan fingerprint density at radius 1 is 1.08 bits per heavy atom. The van der Waals surface area contributed by atoms with Gasteiger partial charge in [0.05, 0.1) is 35.5 Å². The number of carbonyl (C=O) groups is 1. The van der Waals surface area contributed by atoms with Gasteiger partial charge in [0.1, 0.15) is 17.4 Å². The summed E-state index contributed by atoms with van der Waals surface area (Å²) in [6.07, 6.45) is 2.23. The van der Waals surface area contributed by atoms with Crippen LogP contribution in [0.5, 0.6) is 5.75 Å². The van der Waals surface area contributed by atoms with E-state index in [0.29, 0.717) is 35.0 Å². The Morgan fingerprint density at radius 3 is 2.26 bits per heavy atom. The predicted octanol–water partition coefficient (Wildman–Crippen LogP) is 5.64.